The van der Waals surface area contributed by atoms with Crippen LogP contribution in [-0.4, -0.2) is 7.11 Å². The highest BCUT2D eigenvalue weighted by molar-refractivity contribution is 5.48. The van der Waals surface area contributed by atoms with Crippen molar-refractivity contribution in [1.82, 2.24) is 0 Å². The largest absolute Gasteiger partial charge is 0.496 e. The van der Waals surface area contributed by atoms with Gasteiger partial charge in [-0.25, -0.2) is 0 Å². The van der Waals surface area contributed by atoms with Crippen molar-refractivity contribution in [3.05, 3.63) is 28.8 Å². The molecule has 0 radical (unpaired) electrons. The molecule has 2 atom stereocenters. The normalized spacial score (nSPS) is 26.7. The molecule has 21 heavy (non-hydrogen) atoms. The lowest BCUT2D eigenvalue weighted by molar-refractivity contribution is 0.317. The number of methoxy groups -OCH3 is 1. The first-order chi connectivity index (χ1) is 9.89. The van der Waals surface area contributed by atoms with Gasteiger partial charge in [0.15, 0.2) is 0 Å². The van der Waals surface area contributed by atoms with E-state index in [9.17, 15) is 0 Å². The Morgan fingerprint density at radius 3 is 2.52 bits per heavy atom. The van der Waals surface area contributed by atoms with Crippen LogP contribution in [0.2, 0.25) is 0 Å². The van der Waals surface area contributed by atoms with Crippen LogP contribution in [0.25, 0.3) is 0 Å². The molecule has 2 heteroatoms. The molecular weight excluding hydrogens is 258 g/mol. The molecule has 2 nitrogen and oxygen atoms in total. The van der Waals surface area contributed by atoms with Crippen LogP contribution in [0.3, 0.4) is 0 Å². The minimum atomic E-state index is -0.229. The summed E-state index contributed by atoms with van der Waals surface area (Å²) in [4.78, 5) is 0. The zero-order valence-electron chi connectivity index (χ0n) is 14.3. The first kappa shape index (κ1) is 16.4. The van der Waals surface area contributed by atoms with Crippen molar-refractivity contribution in [3.8, 4) is 5.75 Å². The summed E-state index contributed by atoms with van der Waals surface area (Å²) >= 11 is 0. The number of hydrogen-bond acceptors (Lipinski definition) is 2. The van der Waals surface area contributed by atoms with Gasteiger partial charge in [-0.15, -0.1) is 0 Å². The van der Waals surface area contributed by atoms with Gasteiger partial charge in [0.25, 0.3) is 0 Å². The van der Waals surface area contributed by atoms with Crippen LogP contribution >= 0.6 is 0 Å². The van der Waals surface area contributed by atoms with Gasteiger partial charge >= 0.3 is 0 Å². The average molecular weight is 289 g/mol. The third kappa shape index (κ3) is 3.26. The predicted molar refractivity (Wildman–Crippen MR) is 89.7 cm³/mol. The van der Waals surface area contributed by atoms with E-state index in [4.69, 9.17) is 10.5 Å². The fourth-order valence-corrected chi connectivity index (χ4v) is 3.77. The number of ether oxygens (including phenoxy) is 1. The monoisotopic (exact) mass is 289 g/mol. The van der Waals surface area contributed by atoms with Crippen LogP contribution in [0.15, 0.2) is 12.1 Å². The van der Waals surface area contributed by atoms with Gasteiger partial charge in [-0.2, -0.15) is 0 Å². The quantitative estimate of drug-likeness (QED) is 0.818. The van der Waals surface area contributed by atoms with Gasteiger partial charge in [-0.3, -0.25) is 0 Å². The lowest BCUT2D eigenvalue weighted by atomic mass is 9.81. The maximum absolute atomic E-state index is 6.86. The molecule has 1 aromatic rings. The summed E-state index contributed by atoms with van der Waals surface area (Å²) in [6, 6.07) is 4.38. The van der Waals surface area contributed by atoms with Crippen molar-refractivity contribution in [2.45, 2.75) is 65.3 Å². The topological polar surface area (TPSA) is 35.2 Å². The molecule has 0 bridgehead atoms. The predicted octanol–water partition coefficient (Wildman–Crippen LogP) is 4.70. The Bertz CT molecular complexity index is 495. The van der Waals surface area contributed by atoms with Crippen molar-refractivity contribution >= 4 is 0 Å². The van der Waals surface area contributed by atoms with E-state index < -0.39 is 0 Å². The molecule has 1 saturated carbocycles. The van der Waals surface area contributed by atoms with Gasteiger partial charge in [0.05, 0.1) is 7.11 Å². The summed E-state index contributed by atoms with van der Waals surface area (Å²) in [5.74, 6) is 2.57. The second-order valence-electron chi connectivity index (χ2n) is 7.18. The highest BCUT2D eigenvalue weighted by Crippen LogP contribution is 2.42. The SMILES string of the molecule is COc1c(C2(N)CCCC(C(C)C)CC2)ccc(C)c1C. The number of aryl methyl sites for hydroxylation is 1. The van der Waals surface area contributed by atoms with Gasteiger partial charge in [0.1, 0.15) is 5.75 Å². The molecule has 0 aromatic heterocycles. The second-order valence-corrected chi connectivity index (χ2v) is 7.18. The fourth-order valence-electron chi connectivity index (χ4n) is 3.77. The van der Waals surface area contributed by atoms with E-state index in [0.717, 1.165) is 30.4 Å². The number of nitrogens with two attached hydrogens (primary N) is 1. The van der Waals surface area contributed by atoms with Crippen LogP contribution in [-0.2, 0) is 5.54 Å². The Kier molecular flexibility index (Phi) is 4.98. The van der Waals surface area contributed by atoms with Crippen molar-refractivity contribution < 1.29 is 4.74 Å². The van der Waals surface area contributed by atoms with E-state index in [-0.39, 0.29) is 5.54 Å². The van der Waals surface area contributed by atoms with Gasteiger partial charge in [-0.05, 0) is 56.1 Å². The average Bonchev–Trinajstić information content (AvgIpc) is 2.64. The Labute approximate surface area is 130 Å². The highest BCUT2D eigenvalue weighted by Gasteiger charge is 2.34. The molecular formula is C19H31NO. The minimum Gasteiger partial charge on any atom is -0.496 e. The van der Waals surface area contributed by atoms with Gasteiger partial charge in [0, 0.05) is 11.1 Å². The summed E-state index contributed by atoms with van der Waals surface area (Å²) in [5.41, 5.74) is 10.3. The van der Waals surface area contributed by atoms with E-state index >= 15 is 0 Å². The molecule has 2 N–H and O–H groups in total. The lowest BCUT2D eigenvalue weighted by Crippen LogP contribution is -2.36. The summed E-state index contributed by atoms with van der Waals surface area (Å²) in [6.07, 6.45) is 5.88. The van der Waals surface area contributed by atoms with Crippen molar-refractivity contribution in [1.29, 1.82) is 0 Å². The van der Waals surface area contributed by atoms with Gasteiger partial charge < -0.3 is 10.5 Å². The summed E-state index contributed by atoms with van der Waals surface area (Å²) in [6.45, 7) is 8.94. The van der Waals surface area contributed by atoms with Crippen LogP contribution in [0.1, 0.15) is 62.6 Å². The molecule has 1 fully saturated rings. The maximum Gasteiger partial charge on any atom is 0.127 e. The molecule has 2 unspecified atom stereocenters. The van der Waals surface area contributed by atoms with Crippen LogP contribution in [0, 0.1) is 25.7 Å². The fraction of sp³-hybridized carbons (Fsp3) is 0.684. The summed E-state index contributed by atoms with van der Waals surface area (Å²) < 4.78 is 5.71. The molecule has 0 saturated heterocycles. The van der Waals surface area contributed by atoms with Crippen LogP contribution in [0.5, 0.6) is 5.75 Å². The van der Waals surface area contributed by atoms with Crippen LogP contribution in [0.4, 0.5) is 0 Å². The molecule has 118 valence electrons. The maximum atomic E-state index is 6.86. The third-order valence-electron chi connectivity index (χ3n) is 5.52. The lowest BCUT2D eigenvalue weighted by Gasteiger charge is -2.31. The van der Waals surface area contributed by atoms with E-state index in [1.807, 2.05) is 0 Å². The summed E-state index contributed by atoms with van der Waals surface area (Å²) in [5, 5.41) is 0. The standard InChI is InChI=1S/C19H31NO/c1-13(2)16-7-6-11-19(20,12-10-16)17-9-8-14(3)15(4)18(17)21-5/h8-9,13,16H,6-7,10-12,20H2,1-5H3. The van der Waals surface area contributed by atoms with Gasteiger partial charge in [-0.1, -0.05) is 38.8 Å². The second kappa shape index (κ2) is 6.39. The molecule has 0 amide bonds. The first-order valence-electron chi connectivity index (χ1n) is 8.32. The van der Waals surface area contributed by atoms with Crippen molar-refractivity contribution in [2.24, 2.45) is 17.6 Å². The first-order valence-corrected chi connectivity index (χ1v) is 8.32. The highest BCUT2D eigenvalue weighted by atomic mass is 16.5. The Hall–Kier alpha value is -1.02. The Morgan fingerprint density at radius 2 is 1.90 bits per heavy atom. The smallest absolute Gasteiger partial charge is 0.127 e. The minimum absolute atomic E-state index is 0.229. The number of rotatable bonds is 3. The van der Waals surface area contributed by atoms with Crippen LogP contribution < -0.4 is 10.5 Å². The molecule has 0 heterocycles. The number of benzene rings is 1. The zero-order valence-corrected chi connectivity index (χ0v) is 14.3. The van der Waals surface area contributed by atoms with E-state index in [2.05, 4.69) is 39.8 Å². The van der Waals surface area contributed by atoms with E-state index in [1.54, 1.807) is 7.11 Å². The summed E-state index contributed by atoms with van der Waals surface area (Å²) in [7, 11) is 1.77. The van der Waals surface area contributed by atoms with E-state index in [1.165, 1.54) is 36.0 Å². The molecule has 1 aliphatic carbocycles. The van der Waals surface area contributed by atoms with Crippen molar-refractivity contribution in [2.75, 3.05) is 7.11 Å². The molecule has 0 aliphatic heterocycles. The van der Waals surface area contributed by atoms with Gasteiger partial charge in [0.2, 0.25) is 0 Å². The van der Waals surface area contributed by atoms with Crippen molar-refractivity contribution in [3.63, 3.8) is 0 Å². The Balaban J connectivity index is 2.34. The number of hydrogen-bond donors (Lipinski definition) is 1. The molecule has 2 rings (SSSR count). The zero-order chi connectivity index (χ0) is 15.6. The molecule has 0 spiro atoms. The molecule has 1 aliphatic rings. The molecule has 1 aromatic carbocycles. The third-order valence-corrected chi connectivity index (χ3v) is 5.52. The Morgan fingerprint density at radius 1 is 1.19 bits per heavy atom. The van der Waals surface area contributed by atoms with E-state index in [0.29, 0.717) is 0 Å².